The van der Waals surface area contributed by atoms with Gasteiger partial charge in [0.15, 0.2) is 5.96 Å². The summed E-state index contributed by atoms with van der Waals surface area (Å²) < 4.78 is 10.4. The number of ether oxygens (including phenoxy) is 1. The minimum Gasteiger partial charge on any atom is -0.465 e. The van der Waals surface area contributed by atoms with Crippen LogP contribution in [0.2, 0.25) is 0 Å². The first-order chi connectivity index (χ1) is 11.6. The van der Waals surface area contributed by atoms with E-state index in [1.54, 1.807) is 13.0 Å². The Labute approximate surface area is 143 Å². The fourth-order valence-corrected chi connectivity index (χ4v) is 3.71. The fraction of sp³-hybridized carbons (Fsp3) is 0.667. The van der Waals surface area contributed by atoms with Crippen LogP contribution >= 0.6 is 0 Å². The lowest BCUT2D eigenvalue weighted by molar-refractivity contribution is 0.0599. The minimum absolute atomic E-state index is 0.371. The van der Waals surface area contributed by atoms with Crippen molar-refractivity contribution < 1.29 is 13.9 Å². The van der Waals surface area contributed by atoms with E-state index in [1.807, 2.05) is 0 Å². The zero-order valence-electron chi connectivity index (χ0n) is 14.9. The van der Waals surface area contributed by atoms with Gasteiger partial charge < -0.3 is 19.4 Å². The summed E-state index contributed by atoms with van der Waals surface area (Å²) in [4.78, 5) is 18.7. The molecular formula is C18H27N3O3. The standard InChI is InChI=1S/C18H27N3O3/c1-4-19-17(21-9-8-18(12-21)6-5-7-18)20-11-14-10-15(13(2)24-14)16(22)23-3/h10H,4-9,11-12H2,1-3H3,(H,19,20). The summed E-state index contributed by atoms with van der Waals surface area (Å²) in [5.41, 5.74) is 1.01. The van der Waals surface area contributed by atoms with Crippen molar-refractivity contribution in [1.82, 2.24) is 10.2 Å². The van der Waals surface area contributed by atoms with Gasteiger partial charge in [-0.2, -0.15) is 0 Å². The van der Waals surface area contributed by atoms with Crippen LogP contribution in [0.25, 0.3) is 0 Å². The van der Waals surface area contributed by atoms with Gasteiger partial charge in [0, 0.05) is 19.6 Å². The molecule has 0 aromatic carbocycles. The highest BCUT2D eigenvalue weighted by atomic mass is 16.5. The lowest BCUT2D eigenvalue weighted by Crippen LogP contribution is -2.42. The third-order valence-corrected chi connectivity index (χ3v) is 5.25. The van der Waals surface area contributed by atoms with Crippen molar-refractivity contribution in [3.63, 3.8) is 0 Å². The number of carbonyl (C=O) groups is 1. The molecule has 0 atom stereocenters. The summed E-state index contributed by atoms with van der Waals surface area (Å²) >= 11 is 0. The monoisotopic (exact) mass is 333 g/mol. The molecule has 0 bridgehead atoms. The van der Waals surface area contributed by atoms with Crippen LogP contribution in [-0.2, 0) is 11.3 Å². The summed E-state index contributed by atoms with van der Waals surface area (Å²) in [7, 11) is 1.37. The Bertz CT molecular complexity index is 631. The van der Waals surface area contributed by atoms with E-state index in [0.717, 1.165) is 25.6 Å². The number of rotatable bonds is 4. The molecule has 6 heteroatoms. The van der Waals surface area contributed by atoms with Gasteiger partial charge in [0.2, 0.25) is 0 Å². The van der Waals surface area contributed by atoms with Gasteiger partial charge >= 0.3 is 5.97 Å². The van der Waals surface area contributed by atoms with Crippen molar-refractivity contribution in [2.24, 2.45) is 10.4 Å². The molecule has 1 aromatic rings. The number of furan rings is 1. The average molecular weight is 333 g/mol. The minimum atomic E-state index is -0.371. The van der Waals surface area contributed by atoms with Crippen molar-refractivity contribution in [3.8, 4) is 0 Å². The molecule has 2 fully saturated rings. The van der Waals surface area contributed by atoms with Gasteiger partial charge in [-0.3, -0.25) is 0 Å². The third kappa shape index (κ3) is 3.28. The Morgan fingerprint density at radius 1 is 1.46 bits per heavy atom. The zero-order chi connectivity index (χ0) is 17.2. The summed E-state index contributed by atoms with van der Waals surface area (Å²) in [6.07, 6.45) is 5.33. The highest BCUT2D eigenvalue weighted by Gasteiger charge is 2.43. The quantitative estimate of drug-likeness (QED) is 0.521. The van der Waals surface area contributed by atoms with Crippen LogP contribution in [0.4, 0.5) is 0 Å². The van der Waals surface area contributed by atoms with Gasteiger partial charge in [-0.1, -0.05) is 6.42 Å². The summed E-state index contributed by atoms with van der Waals surface area (Å²) in [5, 5.41) is 3.38. The number of nitrogens with one attached hydrogen (secondary N) is 1. The molecule has 0 radical (unpaired) electrons. The SMILES string of the molecule is CCNC(=NCc1cc(C(=O)OC)c(C)o1)N1CCC2(CCC2)C1. The second-order valence-electron chi connectivity index (χ2n) is 6.87. The number of likely N-dealkylation sites (tertiary alicyclic amines) is 1. The molecule has 6 nitrogen and oxygen atoms in total. The first-order valence-electron chi connectivity index (χ1n) is 8.78. The van der Waals surface area contributed by atoms with Crippen molar-refractivity contribution in [1.29, 1.82) is 0 Å². The van der Waals surface area contributed by atoms with E-state index >= 15 is 0 Å². The first-order valence-corrected chi connectivity index (χ1v) is 8.78. The Kier molecular flexibility index (Phi) is 4.83. The molecule has 1 saturated heterocycles. The Morgan fingerprint density at radius 3 is 2.83 bits per heavy atom. The number of hydrogen-bond donors (Lipinski definition) is 1. The predicted molar refractivity (Wildman–Crippen MR) is 92.1 cm³/mol. The average Bonchev–Trinajstić information content (AvgIpc) is 3.14. The van der Waals surface area contributed by atoms with E-state index in [2.05, 4.69) is 17.1 Å². The van der Waals surface area contributed by atoms with Crippen LogP contribution in [0.1, 0.15) is 54.5 Å². The Hall–Kier alpha value is -1.98. The second-order valence-corrected chi connectivity index (χ2v) is 6.87. The molecular weight excluding hydrogens is 306 g/mol. The van der Waals surface area contributed by atoms with Crippen LogP contribution in [0.15, 0.2) is 15.5 Å². The van der Waals surface area contributed by atoms with E-state index in [-0.39, 0.29) is 5.97 Å². The molecule has 0 unspecified atom stereocenters. The zero-order valence-corrected chi connectivity index (χ0v) is 14.9. The number of methoxy groups -OCH3 is 1. The lowest BCUT2D eigenvalue weighted by Gasteiger charge is -2.38. The molecule has 24 heavy (non-hydrogen) atoms. The second kappa shape index (κ2) is 6.87. The Morgan fingerprint density at radius 2 is 2.25 bits per heavy atom. The molecule has 2 aliphatic rings. The molecule has 1 saturated carbocycles. The van der Waals surface area contributed by atoms with Crippen LogP contribution in [-0.4, -0.2) is 43.6 Å². The van der Waals surface area contributed by atoms with E-state index < -0.39 is 0 Å². The molecule has 1 aliphatic carbocycles. The number of hydrogen-bond acceptors (Lipinski definition) is 4. The third-order valence-electron chi connectivity index (χ3n) is 5.25. The molecule has 1 aromatic heterocycles. The van der Waals surface area contributed by atoms with E-state index in [1.165, 1.54) is 32.8 Å². The largest absolute Gasteiger partial charge is 0.465 e. The normalized spacial score (nSPS) is 19.5. The number of carbonyl (C=O) groups excluding carboxylic acids is 1. The van der Waals surface area contributed by atoms with Gasteiger partial charge in [0.25, 0.3) is 0 Å². The van der Waals surface area contributed by atoms with Gasteiger partial charge in [0.05, 0.1) is 7.11 Å². The van der Waals surface area contributed by atoms with Crippen molar-refractivity contribution in [2.75, 3.05) is 26.7 Å². The van der Waals surface area contributed by atoms with Crippen LogP contribution in [0.5, 0.6) is 0 Å². The van der Waals surface area contributed by atoms with Gasteiger partial charge in [-0.25, -0.2) is 9.79 Å². The first kappa shape index (κ1) is 16.9. The number of nitrogens with zero attached hydrogens (tertiary/aromatic N) is 2. The molecule has 1 N–H and O–H groups in total. The van der Waals surface area contributed by atoms with Gasteiger partial charge in [-0.15, -0.1) is 0 Å². The fourth-order valence-electron chi connectivity index (χ4n) is 3.71. The summed E-state index contributed by atoms with van der Waals surface area (Å²) in [6.45, 7) is 7.28. The summed E-state index contributed by atoms with van der Waals surface area (Å²) in [5.74, 6) is 1.83. The maximum absolute atomic E-state index is 11.7. The Balaban J connectivity index is 1.69. The van der Waals surface area contributed by atoms with E-state index in [0.29, 0.717) is 29.0 Å². The number of aryl methyl sites for hydroxylation is 1. The maximum atomic E-state index is 11.7. The molecule has 132 valence electrons. The van der Waals surface area contributed by atoms with E-state index in [9.17, 15) is 4.79 Å². The molecule has 0 amide bonds. The highest BCUT2D eigenvalue weighted by Crippen LogP contribution is 2.47. The number of esters is 1. The number of guanidine groups is 1. The molecule has 2 heterocycles. The van der Waals surface area contributed by atoms with E-state index in [4.69, 9.17) is 14.1 Å². The molecule has 1 spiro atoms. The van der Waals surface area contributed by atoms with Crippen molar-refractivity contribution in [3.05, 3.63) is 23.2 Å². The molecule has 3 rings (SSSR count). The van der Waals surface area contributed by atoms with Gasteiger partial charge in [0.1, 0.15) is 23.6 Å². The lowest BCUT2D eigenvalue weighted by atomic mass is 9.68. The maximum Gasteiger partial charge on any atom is 0.341 e. The smallest absolute Gasteiger partial charge is 0.341 e. The van der Waals surface area contributed by atoms with Crippen molar-refractivity contribution >= 4 is 11.9 Å². The van der Waals surface area contributed by atoms with Crippen LogP contribution in [0.3, 0.4) is 0 Å². The summed E-state index contributed by atoms with van der Waals surface area (Å²) in [6, 6.07) is 1.73. The molecule has 1 aliphatic heterocycles. The topological polar surface area (TPSA) is 67.1 Å². The van der Waals surface area contributed by atoms with Crippen LogP contribution in [0, 0.1) is 12.3 Å². The van der Waals surface area contributed by atoms with Gasteiger partial charge in [-0.05, 0) is 44.6 Å². The highest BCUT2D eigenvalue weighted by molar-refractivity contribution is 5.90. The predicted octanol–water partition coefficient (Wildman–Crippen LogP) is 2.72. The van der Waals surface area contributed by atoms with Crippen molar-refractivity contribution in [2.45, 2.75) is 46.1 Å². The number of aliphatic imine (C=N–C) groups is 1. The van der Waals surface area contributed by atoms with Crippen LogP contribution < -0.4 is 5.32 Å².